The van der Waals surface area contributed by atoms with Crippen LogP contribution in [0.15, 0.2) is 49.1 Å². The average molecular weight is 507 g/mol. The molecule has 5 nitrogen and oxygen atoms in total. The summed E-state index contributed by atoms with van der Waals surface area (Å²) in [6, 6.07) is 0. The molecule has 0 fully saturated rings. The summed E-state index contributed by atoms with van der Waals surface area (Å²) in [7, 11) is 1.43. The lowest BCUT2D eigenvalue weighted by atomic mass is 9.87. The average Bonchev–Trinajstić information content (AvgIpc) is 2.88. The lowest BCUT2D eigenvalue weighted by molar-refractivity contribution is -0.140. The molecule has 0 saturated carbocycles. The summed E-state index contributed by atoms with van der Waals surface area (Å²) < 4.78 is 4.65. The van der Waals surface area contributed by atoms with E-state index in [-0.39, 0.29) is 29.6 Å². The lowest BCUT2D eigenvalue weighted by Crippen LogP contribution is -2.33. The van der Waals surface area contributed by atoms with Gasteiger partial charge in [-0.2, -0.15) is 0 Å². The predicted octanol–water partition coefficient (Wildman–Crippen LogP) is 6.54. The van der Waals surface area contributed by atoms with Gasteiger partial charge in [-0.05, 0) is 32.1 Å². The molecule has 0 aromatic rings. The number of aliphatic hydroxyl groups is 3. The molecule has 0 spiro atoms. The summed E-state index contributed by atoms with van der Waals surface area (Å²) in [5.74, 6) is -0.281. The van der Waals surface area contributed by atoms with Gasteiger partial charge in [-0.1, -0.05) is 102 Å². The van der Waals surface area contributed by atoms with E-state index in [1.165, 1.54) is 20.0 Å². The number of methoxy groups -OCH3 is 1. The van der Waals surface area contributed by atoms with Crippen molar-refractivity contribution in [1.82, 2.24) is 0 Å². The van der Waals surface area contributed by atoms with Crippen LogP contribution in [0.5, 0.6) is 0 Å². The van der Waals surface area contributed by atoms with Gasteiger partial charge in [0, 0.05) is 30.1 Å². The molecule has 0 aliphatic heterocycles. The topological polar surface area (TPSA) is 87.0 Å². The van der Waals surface area contributed by atoms with Crippen LogP contribution in [0.1, 0.15) is 91.9 Å². The highest BCUT2D eigenvalue weighted by atomic mass is 16.5. The molecule has 208 valence electrons. The lowest BCUT2D eigenvalue weighted by Gasteiger charge is -2.27. The number of rotatable bonds is 21. The number of hydrogen-bond donors (Lipinski definition) is 3. The largest absolute Gasteiger partial charge is 0.469 e. The van der Waals surface area contributed by atoms with E-state index < -0.39 is 18.3 Å². The van der Waals surface area contributed by atoms with Crippen molar-refractivity contribution in [3.63, 3.8) is 0 Å². The van der Waals surface area contributed by atoms with Crippen molar-refractivity contribution in [2.45, 2.75) is 110 Å². The number of aliphatic hydroxyl groups excluding tert-OH is 3. The van der Waals surface area contributed by atoms with Crippen molar-refractivity contribution in [3.8, 4) is 0 Å². The molecule has 0 rings (SSSR count). The molecule has 0 unspecified atom stereocenters. The van der Waals surface area contributed by atoms with Crippen LogP contribution >= 0.6 is 0 Å². The van der Waals surface area contributed by atoms with Crippen LogP contribution < -0.4 is 0 Å². The van der Waals surface area contributed by atoms with E-state index in [9.17, 15) is 20.1 Å². The highest BCUT2D eigenvalue weighted by Gasteiger charge is 2.25. The molecule has 0 radical (unpaired) electrons. The maximum Gasteiger partial charge on any atom is 0.305 e. The summed E-state index contributed by atoms with van der Waals surface area (Å²) in [5.41, 5.74) is 0. The first-order valence-corrected chi connectivity index (χ1v) is 13.9. The number of hydrogen-bond acceptors (Lipinski definition) is 5. The Bertz CT molecular complexity index is 653. The molecule has 7 atom stereocenters. The highest BCUT2D eigenvalue weighted by Crippen LogP contribution is 2.21. The van der Waals surface area contributed by atoms with Gasteiger partial charge in [0.1, 0.15) is 0 Å². The summed E-state index contributed by atoms with van der Waals surface area (Å²) in [5, 5.41) is 31.5. The minimum atomic E-state index is -0.605. The molecule has 0 saturated heterocycles. The first-order valence-electron chi connectivity index (χ1n) is 13.9. The van der Waals surface area contributed by atoms with E-state index in [1.54, 1.807) is 6.08 Å². The number of carbonyl (C=O) groups is 1. The van der Waals surface area contributed by atoms with Crippen LogP contribution in [0, 0.1) is 23.7 Å². The van der Waals surface area contributed by atoms with E-state index in [2.05, 4.69) is 23.5 Å². The summed E-state index contributed by atoms with van der Waals surface area (Å²) >= 11 is 0. The first kappa shape index (κ1) is 34.3. The fourth-order valence-electron chi connectivity index (χ4n) is 4.27. The molecule has 5 heteroatoms. The zero-order valence-electron chi connectivity index (χ0n) is 23.5. The van der Waals surface area contributed by atoms with Crippen LogP contribution in [0.25, 0.3) is 0 Å². The number of carbonyl (C=O) groups excluding carboxylic acids is 1. The second-order valence-electron chi connectivity index (χ2n) is 10.3. The van der Waals surface area contributed by atoms with Crippen molar-refractivity contribution in [1.29, 1.82) is 0 Å². The smallest absolute Gasteiger partial charge is 0.305 e. The van der Waals surface area contributed by atoms with E-state index in [0.29, 0.717) is 19.3 Å². The first-order chi connectivity index (χ1) is 17.1. The molecule has 36 heavy (non-hydrogen) atoms. The van der Waals surface area contributed by atoms with E-state index in [1.807, 2.05) is 52.0 Å². The highest BCUT2D eigenvalue weighted by molar-refractivity contribution is 5.68. The maximum atomic E-state index is 11.1. The molecule has 0 aliphatic carbocycles. The third-order valence-electron chi connectivity index (χ3n) is 7.05. The molecule has 0 aromatic heterocycles. The van der Waals surface area contributed by atoms with Gasteiger partial charge in [-0.25, -0.2) is 0 Å². The molecule has 0 aliphatic rings. The van der Waals surface area contributed by atoms with Crippen LogP contribution in [0.3, 0.4) is 0 Å². The van der Waals surface area contributed by atoms with Crippen LogP contribution in [-0.4, -0.2) is 46.7 Å². The minimum absolute atomic E-state index is 0.0267. The van der Waals surface area contributed by atoms with Crippen LogP contribution in [0.2, 0.25) is 0 Å². The third-order valence-corrected chi connectivity index (χ3v) is 7.05. The zero-order valence-corrected chi connectivity index (χ0v) is 23.5. The van der Waals surface area contributed by atoms with Gasteiger partial charge in [0.2, 0.25) is 0 Å². The van der Waals surface area contributed by atoms with Crippen LogP contribution in [0.4, 0.5) is 0 Å². The monoisotopic (exact) mass is 506 g/mol. The zero-order chi connectivity index (χ0) is 27.3. The van der Waals surface area contributed by atoms with Crippen molar-refractivity contribution in [2.75, 3.05) is 7.11 Å². The second-order valence-corrected chi connectivity index (χ2v) is 10.3. The van der Waals surface area contributed by atoms with Gasteiger partial charge in [0.15, 0.2) is 0 Å². The van der Waals surface area contributed by atoms with E-state index >= 15 is 0 Å². The fraction of sp³-hybridized carbons (Fsp3) is 0.710. The molecule has 0 heterocycles. The Hall–Kier alpha value is -1.69. The van der Waals surface area contributed by atoms with Crippen LogP contribution in [-0.2, 0) is 9.53 Å². The normalized spacial score (nSPS) is 18.2. The van der Waals surface area contributed by atoms with E-state index in [4.69, 9.17) is 0 Å². The Morgan fingerprint density at radius 3 is 1.89 bits per heavy atom. The fourth-order valence-corrected chi connectivity index (χ4v) is 4.27. The number of allylic oxidation sites excluding steroid dienone is 4. The van der Waals surface area contributed by atoms with Gasteiger partial charge in [-0.15, -0.1) is 0 Å². The van der Waals surface area contributed by atoms with Crippen molar-refractivity contribution in [3.05, 3.63) is 49.1 Å². The van der Waals surface area contributed by atoms with Gasteiger partial charge in [0.25, 0.3) is 0 Å². The molecule has 0 amide bonds. The molecule has 3 N–H and O–H groups in total. The molecular formula is C31H54O5. The standard InChI is InChI=1S/C31H54O5/c1-7-8-19-26(4)31(35)27(5)28(32)22-18-17-21-25(3)30(34)24(2)20-15-13-11-9-10-12-14-16-23-29(33)36-6/h7-8,15,17,19-21,24-28,30-32,34-35H,1,9-14,16,18,22-23H2,2-6H3/b19-8+,20-15+,21-17+/t24-,25-,26-,27+,28+,30-,31+/m0/s1. The molecular weight excluding hydrogens is 452 g/mol. The Morgan fingerprint density at radius 1 is 0.778 bits per heavy atom. The third kappa shape index (κ3) is 16.1. The summed E-state index contributed by atoms with van der Waals surface area (Å²) in [4.78, 5) is 11.1. The Balaban J connectivity index is 4.13. The van der Waals surface area contributed by atoms with E-state index in [0.717, 1.165) is 32.1 Å². The van der Waals surface area contributed by atoms with Gasteiger partial charge >= 0.3 is 5.97 Å². The Kier molecular flexibility index (Phi) is 20.4. The number of unbranched alkanes of at least 4 members (excludes halogenated alkanes) is 6. The summed E-state index contributed by atoms with van der Waals surface area (Å²) in [6.07, 6.45) is 21.6. The minimum Gasteiger partial charge on any atom is -0.469 e. The summed E-state index contributed by atoms with van der Waals surface area (Å²) in [6.45, 7) is 11.5. The van der Waals surface area contributed by atoms with Gasteiger partial charge in [0.05, 0.1) is 25.4 Å². The van der Waals surface area contributed by atoms with Crippen molar-refractivity contribution >= 4 is 5.97 Å². The quantitative estimate of drug-likeness (QED) is 0.0712. The van der Waals surface area contributed by atoms with Gasteiger partial charge in [-0.3, -0.25) is 4.79 Å². The van der Waals surface area contributed by atoms with Gasteiger partial charge < -0.3 is 20.1 Å². The number of esters is 1. The molecule has 0 bridgehead atoms. The van der Waals surface area contributed by atoms with Crippen molar-refractivity contribution in [2.24, 2.45) is 23.7 Å². The Labute approximate surface area is 221 Å². The maximum absolute atomic E-state index is 11.1. The predicted molar refractivity (Wildman–Crippen MR) is 150 cm³/mol. The SMILES string of the molecule is C=C/C=C/[C@H](C)[C@@H](O)[C@H](C)[C@H](O)CC/C=C/[C@H](C)[C@@H](O)[C@@H](C)/C=C/CCCCCCCCC(=O)OC. The number of ether oxygens (including phenoxy) is 1. The second kappa shape index (κ2) is 21.4. The Morgan fingerprint density at radius 2 is 1.31 bits per heavy atom. The molecule has 0 aromatic carbocycles. The van der Waals surface area contributed by atoms with Crippen molar-refractivity contribution < 1.29 is 24.9 Å².